The predicted molar refractivity (Wildman–Crippen MR) is 204 cm³/mol. The fourth-order valence-electron chi connectivity index (χ4n) is 7.88. The van der Waals surface area contributed by atoms with E-state index in [1.54, 1.807) is 0 Å². The Morgan fingerprint density at radius 3 is 1.34 bits per heavy atom. The lowest BCUT2D eigenvalue weighted by Gasteiger charge is -2.41. The minimum Gasteiger partial charge on any atom is -0.369 e. The van der Waals surface area contributed by atoms with Crippen molar-refractivity contribution in [1.82, 2.24) is 4.48 Å². The minimum atomic E-state index is 0.510. The van der Waals surface area contributed by atoms with E-state index >= 15 is 0 Å². The molecule has 0 aromatic heterocycles. The van der Waals surface area contributed by atoms with Gasteiger partial charge in [-0.05, 0) is 90.6 Å². The predicted octanol–water partition coefficient (Wildman–Crippen LogP) is 6.69. The average Bonchev–Trinajstić information content (AvgIpc) is 3.39. The van der Waals surface area contributed by atoms with Crippen molar-refractivity contribution in [3.63, 3.8) is 0 Å². The summed E-state index contributed by atoms with van der Waals surface area (Å²) in [4.78, 5) is 4.56. The Kier molecular flexibility index (Phi) is 11.7. The SMILES string of the molecule is CCCC(CC)[N+]1(CC)c2ccc(-c3cccc(N(CCN)CCN)c3)cc2-c2cc(-c3cccc(N(CCN)CCN)c3)ccc21. The molecular weight excluding hydrogens is 578 g/mol. The molecule has 0 saturated heterocycles. The van der Waals surface area contributed by atoms with Crippen LogP contribution in [0, 0.1) is 0 Å². The summed E-state index contributed by atoms with van der Waals surface area (Å²) in [6.07, 6.45) is 3.49. The van der Waals surface area contributed by atoms with Crippen molar-refractivity contribution in [3.05, 3.63) is 84.9 Å². The number of fused-ring (bicyclic) bond motifs is 3. The molecule has 1 aliphatic rings. The summed E-state index contributed by atoms with van der Waals surface area (Å²) < 4.78 is 0.900. The maximum Gasteiger partial charge on any atom is 0.146 e. The molecule has 4 aromatic carbocycles. The Morgan fingerprint density at radius 1 is 0.553 bits per heavy atom. The largest absolute Gasteiger partial charge is 0.369 e. The number of anilines is 2. The molecule has 7 nitrogen and oxygen atoms in total. The molecule has 0 radical (unpaired) electrons. The van der Waals surface area contributed by atoms with Crippen molar-refractivity contribution in [2.24, 2.45) is 22.9 Å². The molecule has 0 fully saturated rings. The van der Waals surface area contributed by atoms with Crippen molar-refractivity contribution >= 4 is 22.7 Å². The molecule has 5 rings (SSSR count). The Morgan fingerprint density at radius 2 is 0.979 bits per heavy atom. The topological polar surface area (TPSA) is 111 Å². The Balaban J connectivity index is 1.66. The van der Waals surface area contributed by atoms with Crippen LogP contribution in [0.25, 0.3) is 33.4 Å². The van der Waals surface area contributed by atoms with Crippen molar-refractivity contribution in [1.29, 1.82) is 0 Å². The van der Waals surface area contributed by atoms with E-state index < -0.39 is 0 Å². The van der Waals surface area contributed by atoms with E-state index in [1.165, 1.54) is 57.6 Å². The van der Waals surface area contributed by atoms with Crippen LogP contribution in [0.3, 0.4) is 0 Å². The van der Waals surface area contributed by atoms with Gasteiger partial charge in [0.05, 0.1) is 12.6 Å². The van der Waals surface area contributed by atoms with Crippen molar-refractivity contribution in [2.75, 3.05) is 68.7 Å². The molecule has 1 unspecified atom stereocenters. The van der Waals surface area contributed by atoms with E-state index in [0.29, 0.717) is 32.2 Å². The summed E-state index contributed by atoms with van der Waals surface area (Å²) in [5.74, 6) is 0. The highest BCUT2D eigenvalue weighted by molar-refractivity contribution is 5.98. The maximum atomic E-state index is 5.96. The van der Waals surface area contributed by atoms with E-state index in [-0.39, 0.29) is 0 Å². The van der Waals surface area contributed by atoms with Gasteiger partial charge in [0.1, 0.15) is 11.4 Å². The zero-order valence-electron chi connectivity index (χ0n) is 28.8. The van der Waals surface area contributed by atoms with E-state index in [0.717, 1.165) is 55.0 Å². The third-order valence-corrected chi connectivity index (χ3v) is 10.0. The maximum absolute atomic E-state index is 5.96. The number of nitrogens with zero attached hydrogens (tertiary/aromatic N) is 3. The molecule has 0 spiro atoms. The molecule has 0 bridgehead atoms. The number of benzene rings is 4. The normalized spacial score (nSPS) is 13.7. The number of quaternary nitrogens is 1. The number of rotatable bonds is 17. The fourth-order valence-corrected chi connectivity index (χ4v) is 7.88. The summed E-state index contributed by atoms with van der Waals surface area (Å²) in [5, 5.41) is 0. The van der Waals surface area contributed by atoms with Gasteiger partial charge < -0.3 is 32.7 Å². The Hall–Kier alpha value is -3.72. The molecule has 0 aliphatic carbocycles. The van der Waals surface area contributed by atoms with Gasteiger partial charge in [-0.15, -0.1) is 0 Å². The highest BCUT2D eigenvalue weighted by Crippen LogP contribution is 2.57. The van der Waals surface area contributed by atoms with Gasteiger partial charge in [-0.25, -0.2) is 0 Å². The van der Waals surface area contributed by atoms with Crippen LogP contribution in [0.4, 0.5) is 22.7 Å². The zero-order valence-corrected chi connectivity index (χ0v) is 28.8. The van der Waals surface area contributed by atoms with Crippen LogP contribution < -0.4 is 37.2 Å². The lowest BCUT2D eigenvalue weighted by Crippen LogP contribution is -2.51. The van der Waals surface area contributed by atoms with Gasteiger partial charge in [0.2, 0.25) is 0 Å². The lowest BCUT2D eigenvalue weighted by atomic mass is 9.96. The van der Waals surface area contributed by atoms with E-state index in [2.05, 4.69) is 116 Å². The van der Waals surface area contributed by atoms with Crippen LogP contribution in [0.1, 0.15) is 40.0 Å². The summed E-state index contributed by atoms with van der Waals surface area (Å²) in [6, 6.07) is 32.5. The molecule has 1 atom stereocenters. The molecule has 7 heteroatoms. The highest BCUT2D eigenvalue weighted by Gasteiger charge is 2.47. The number of nitrogens with two attached hydrogens (primary N) is 4. The zero-order chi connectivity index (χ0) is 33.4. The molecule has 1 heterocycles. The molecule has 250 valence electrons. The van der Waals surface area contributed by atoms with Crippen LogP contribution >= 0.6 is 0 Å². The van der Waals surface area contributed by atoms with E-state index in [9.17, 15) is 0 Å². The monoisotopic (exact) mass is 634 g/mol. The van der Waals surface area contributed by atoms with Gasteiger partial charge in [0.25, 0.3) is 0 Å². The second-order valence-electron chi connectivity index (χ2n) is 12.7. The first-order valence-corrected chi connectivity index (χ1v) is 17.7. The first-order chi connectivity index (χ1) is 23.0. The minimum absolute atomic E-state index is 0.510. The summed E-state index contributed by atoms with van der Waals surface area (Å²) >= 11 is 0. The summed E-state index contributed by atoms with van der Waals surface area (Å²) in [6.45, 7) is 13.6. The van der Waals surface area contributed by atoms with Crippen molar-refractivity contribution in [2.45, 2.75) is 46.1 Å². The summed E-state index contributed by atoms with van der Waals surface area (Å²) in [5.41, 5.74) is 36.5. The first-order valence-electron chi connectivity index (χ1n) is 17.7. The molecule has 0 saturated carbocycles. The second kappa shape index (κ2) is 15.9. The Labute approximate surface area is 282 Å². The Bertz CT molecular complexity index is 1500. The number of hydrogen-bond acceptors (Lipinski definition) is 6. The van der Waals surface area contributed by atoms with Crippen LogP contribution in [0.15, 0.2) is 84.9 Å². The molecule has 1 aliphatic heterocycles. The van der Waals surface area contributed by atoms with Gasteiger partial charge in [-0.2, -0.15) is 0 Å². The van der Waals surface area contributed by atoms with Gasteiger partial charge >= 0.3 is 0 Å². The van der Waals surface area contributed by atoms with Gasteiger partial charge in [0.15, 0.2) is 0 Å². The van der Waals surface area contributed by atoms with Gasteiger partial charge in [0, 0.05) is 87.0 Å². The van der Waals surface area contributed by atoms with Gasteiger partial charge in [-0.3, -0.25) is 4.48 Å². The second-order valence-corrected chi connectivity index (χ2v) is 12.7. The smallest absolute Gasteiger partial charge is 0.146 e. The fraction of sp³-hybridized carbons (Fsp3) is 0.400. The van der Waals surface area contributed by atoms with Gasteiger partial charge in [-0.1, -0.05) is 44.5 Å². The highest BCUT2D eigenvalue weighted by atomic mass is 15.4. The number of hydrogen-bond donors (Lipinski definition) is 4. The standard InChI is InChI=1S/C40H56N7/c1-4-9-36(5-2)47(6-3)39-16-14-32(30-10-7-12-34(26-30)45(22-18-41)23-19-42)28-37(39)38-29-33(15-17-40(38)47)31-11-8-13-35(27-31)46(24-20-43)25-21-44/h7-8,10-17,26-29,36H,4-6,9,18-25,41-44H2,1-3H3/q+1. The van der Waals surface area contributed by atoms with Crippen molar-refractivity contribution < 1.29 is 0 Å². The van der Waals surface area contributed by atoms with E-state index in [4.69, 9.17) is 22.9 Å². The molecule has 47 heavy (non-hydrogen) atoms. The lowest BCUT2D eigenvalue weighted by molar-refractivity contribution is 0.278. The average molecular weight is 635 g/mol. The van der Waals surface area contributed by atoms with Crippen LogP contribution in [-0.4, -0.2) is 64.9 Å². The quantitative estimate of drug-likeness (QED) is 0.0964. The van der Waals surface area contributed by atoms with Crippen LogP contribution in [0.5, 0.6) is 0 Å². The first kappa shape index (κ1) is 34.6. The van der Waals surface area contributed by atoms with Crippen molar-refractivity contribution in [3.8, 4) is 33.4 Å². The molecular formula is C40H56N7+. The van der Waals surface area contributed by atoms with Crippen LogP contribution in [-0.2, 0) is 0 Å². The van der Waals surface area contributed by atoms with E-state index in [1.807, 2.05) is 0 Å². The third-order valence-electron chi connectivity index (χ3n) is 10.0. The summed E-state index contributed by atoms with van der Waals surface area (Å²) in [7, 11) is 0. The molecule has 8 N–H and O–H groups in total. The third kappa shape index (κ3) is 6.82. The molecule has 0 amide bonds. The molecule has 4 aromatic rings. The van der Waals surface area contributed by atoms with Crippen LogP contribution in [0.2, 0.25) is 0 Å².